The van der Waals surface area contributed by atoms with Gasteiger partial charge in [0, 0.05) is 5.56 Å². The molecule has 5 heteroatoms. The molecule has 0 saturated heterocycles. The van der Waals surface area contributed by atoms with E-state index in [-0.39, 0.29) is 11.5 Å². The van der Waals surface area contributed by atoms with E-state index in [1.54, 1.807) is 19.1 Å². The van der Waals surface area contributed by atoms with Gasteiger partial charge in [-0.25, -0.2) is 0 Å². The predicted molar refractivity (Wildman–Crippen MR) is 60.7 cm³/mol. The molecule has 0 spiro atoms. The molecule has 1 aromatic rings. The van der Waals surface area contributed by atoms with Crippen LogP contribution in [0.5, 0.6) is 5.75 Å². The van der Waals surface area contributed by atoms with Crippen molar-refractivity contribution in [3.63, 3.8) is 0 Å². The topological polar surface area (TPSA) is 90.1 Å². The molecule has 3 N–H and O–H groups in total. The number of carboxylic acids is 1. The van der Waals surface area contributed by atoms with Gasteiger partial charge < -0.3 is 15.4 Å². The molecular formula is C12H13NO4. The van der Waals surface area contributed by atoms with Crippen molar-refractivity contribution < 1.29 is 20.2 Å². The van der Waals surface area contributed by atoms with Crippen molar-refractivity contribution in [2.45, 2.75) is 25.2 Å². The minimum atomic E-state index is -0.854. The molecule has 0 aliphatic heterocycles. The molecule has 0 aromatic heterocycles. The van der Waals surface area contributed by atoms with E-state index in [0.717, 1.165) is 0 Å². The van der Waals surface area contributed by atoms with E-state index in [1.807, 2.05) is 0 Å². The van der Waals surface area contributed by atoms with Gasteiger partial charge in [-0.15, -0.1) is 0 Å². The van der Waals surface area contributed by atoms with Gasteiger partial charge in [-0.05, 0) is 37.5 Å². The maximum Gasteiger partial charge on any atom is 0.314 e. The minimum absolute atomic E-state index is 0.0229. The van der Waals surface area contributed by atoms with Crippen LogP contribution in [0.15, 0.2) is 23.4 Å². The Morgan fingerprint density at radius 1 is 1.41 bits per heavy atom. The number of benzene rings is 1. The Labute approximate surface area is 98.0 Å². The maximum absolute atomic E-state index is 11.2. The Morgan fingerprint density at radius 3 is 2.53 bits per heavy atom. The first kappa shape index (κ1) is 11.4. The van der Waals surface area contributed by atoms with Crippen molar-refractivity contribution in [1.82, 2.24) is 0 Å². The van der Waals surface area contributed by atoms with Crippen molar-refractivity contribution in [1.29, 1.82) is 0 Å². The lowest BCUT2D eigenvalue weighted by atomic mass is 9.93. The van der Waals surface area contributed by atoms with Gasteiger partial charge in [0.2, 0.25) is 0 Å². The number of phenols is 1. The zero-order valence-electron chi connectivity index (χ0n) is 9.34. The molecule has 1 aliphatic carbocycles. The fourth-order valence-corrected chi connectivity index (χ4v) is 1.93. The SMILES string of the molecule is CC(=NO)c1cc(C2(C(=O)O)CC2)ccc1O. The number of oxime groups is 1. The largest absolute Gasteiger partial charge is 0.507 e. The van der Waals surface area contributed by atoms with Gasteiger partial charge in [-0.3, -0.25) is 4.79 Å². The van der Waals surface area contributed by atoms with Gasteiger partial charge in [-0.1, -0.05) is 11.2 Å². The molecule has 1 saturated carbocycles. The van der Waals surface area contributed by atoms with E-state index < -0.39 is 11.4 Å². The normalized spacial score (nSPS) is 17.8. The second-order valence-corrected chi connectivity index (χ2v) is 4.30. The van der Waals surface area contributed by atoms with Crippen molar-refractivity contribution in [3.05, 3.63) is 29.3 Å². The van der Waals surface area contributed by atoms with Crippen LogP contribution in [-0.4, -0.2) is 27.1 Å². The first-order valence-electron chi connectivity index (χ1n) is 5.27. The highest BCUT2D eigenvalue weighted by atomic mass is 16.4. The van der Waals surface area contributed by atoms with E-state index in [2.05, 4.69) is 5.16 Å². The number of carbonyl (C=O) groups is 1. The van der Waals surface area contributed by atoms with Crippen LogP contribution in [0.25, 0.3) is 0 Å². The van der Waals surface area contributed by atoms with E-state index in [9.17, 15) is 15.0 Å². The van der Waals surface area contributed by atoms with E-state index in [4.69, 9.17) is 5.21 Å². The molecule has 0 unspecified atom stereocenters. The molecule has 0 atom stereocenters. The van der Waals surface area contributed by atoms with Crippen LogP contribution >= 0.6 is 0 Å². The maximum atomic E-state index is 11.2. The third-order valence-electron chi connectivity index (χ3n) is 3.25. The van der Waals surface area contributed by atoms with Crippen LogP contribution in [0, 0.1) is 0 Å². The summed E-state index contributed by atoms with van der Waals surface area (Å²) >= 11 is 0. The molecule has 0 amide bonds. The van der Waals surface area contributed by atoms with Crippen molar-refractivity contribution in [3.8, 4) is 5.75 Å². The summed E-state index contributed by atoms with van der Waals surface area (Å²) < 4.78 is 0. The van der Waals surface area contributed by atoms with Gasteiger partial charge in [0.05, 0.1) is 11.1 Å². The molecule has 0 heterocycles. The first-order chi connectivity index (χ1) is 8.01. The minimum Gasteiger partial charge on any atom is -0.507 e. The summed E-state index contributed by atoms with van der Waals surface area (Å²) in [5.74, 6) is -0.877. The lowest BCUT2D eigenvalue weighted by Gasteiger charge is -2.12. The molecular weight excluding hydrogens is 222 g/mol. The number of hydrogen-bond donors (Lipinski definition) is 3. The predicted octanol–water partition coefficient (Wildman–Crippen LogP) is 1.71. The number of carboxylic acid groups (broad SMARTS) is 1. The monoisotopic (exact) mass is 235 g/mol. The standard InChI is InChI=1S/C12H13NO4/c1-7(13-17)9-6-8(2-3-10(9)14)12(4-5-12)11(15)16/h2-3,6,14,17H,4-5H2,1H3,(H,15,16). The number of nitrogens with zero attached hydrogens (tertiary/aromatic N) is 1. The Kier molecular flexibility index (Phi) is 2.53. The van der Waals surface area contributed by atoms with Gasteiger partial charge in [0.25, 0.3) is 0 Å². The zero-order valence-corrected chi connectivity index (χ0v) is 9.34. The number of aromatic hydroxyl groups is 1. The Balaban J connectivity index is 2.49. The van der Waals surface area contributed by atoms with Crippen LogP contribution in [0.2, 0.25) is 0 Å². The van der Waals surface area contributed by atoms with Gasteiger partial charge >= 0.3 is 5.97 Å². The summed E-state index contributed by atoms with van der Waals surface area (Å²) in [5, 5.41) is 30.5. The second-order valence-electron chi connectivity index (χ2n) is 4.30. The average molecular weight is 235 g/mol. The molecule has 1 aromatic carbocycles. The van der Waals surface area contributed by atoms with Gasteiger partial charge in [-0.2, -0.15) is 0 Å². The summed E-state index contributed by atoms with van der Waals surface area (Å²) in [6.07, 6.45) is 1.20. The van der Waals surface area contributed by atoms with Crippen molar-refractivity contribution in [2.24, 2.45) is 5.16 Å². The van der Waals surface area contributed by atoms with Crippen molar-refractivity contribution >= 4 is 11.7 Å². The third-order valence-corrected chi connectivity index (χ3v) is 3.25. The molecule has 90 valence electrons. The summed E-state index contributed by atoms with van der Waals surface area (Å²) in [6, 6.07) is 4.61. The highest BCUT2D eigenvalue weighted by Crippen LogP contribution is 2.49. The van der Waals surface area contributed by atoms with E-state index in [0.29, 0.717) is 24.0 Å². The number of aliphatic carboxylic acids is 1. The molecule has 5 nitrogen and oxygen atoms in total. The van der Waals surface area contributed by atoms with E-state index in [1.165, 1.54) is 6.07 Å². The fourth-order valence-electron chi connectivity index (χ4n) is 1.93. The molecule has 2 rings (SSSR count). The number of hydrogen-bond acceptors (Lipinski definition) is 4. The molecule has 17 heavy (non-hydrogen) atoms. The van der Waals surface area contributed by atoms with E-state index >= 15 is 0 Å². The molecule has 0 bridgehead atoms. The lowest BCUT2D eigenvalue weighted by molar-refractivity contribution is -0.140. The summed E-state index contributed by atoms with van der Waals surface area (Å²) in [7, 11) is 0. The molecule has 0 radical (unpaired) electrons. The van der Waals surface area contributed by atoms with Crippen LogP contribution in [0.1, 0.15) is 30.9 Å². The van der Waals surface area contributed by atoms with Crippen LogP contribution in [0.3, 0.4) is 0 Å². The number of rotatable bonds is 3. The molecule has 1 aliphatic rings. The van der Waals surface area contributed by atoms with Gasteiger partial charge in [0.1, 0.15) is 5.75 Å². The quantitative estimate of drug-likeness (QED) is 0.422. The Bertz CT molecular complexity index is 503. The van der Waals surface area contributed by atoms with Crippen LogP contribution in [0.4, 0.5) is 0 Å². The highest BCUT2D eigenvalue weighted by Gasteiger charge is 2.51. The van der Waals surface area contributed by atoms with Crippen LogP contribution in [-0.2, 0) is 10.2 Å². The summed E-state index contributed by atoms with van der Waals surface area (Å²) in [6.45, 7) is 1.54. The van der Waals surface area contributed by atoms with Gasteiger partial charge in [0.15, 0.2) is 0 Å². The summed E-state index contributed by atoms with van der Waals surface area (Å²) in [4.78, 5) is 11.2. The second kappa shape index (κ2) is 3.76. The number of phenolic OH excluding ortho intramolecular Hbond substituents is 1. The zero-order chi connectivity index (χ0) is 12.6. The Morgan fingerprint density at radius 2 is 2.06 bits per heavy atom. The molecule has 1 fully saturated rings. The first-order valence-corrected chi connectivity index (χ1v) is 5.27. The smallest absolute Gasteiger partial charge is 0.314 e. The highest BCUT2D eigenvalue weighted by molar-refractivity contribution is 6.01. The van der Waals surface area contributed by atoms with Crippen LogP contribution < -0.4 is 0 Å². The Hall–Kier alpha value is -2.04. The fraction of sp³-hybridized carbons (Fsp3) is 0.333. The average Bonchev–Trinajstić information content (AvgIpc) is 3.10. The summed E-state index contributed by atoms with van der Waals surface area (Å²) in [5.41, 5.74) is 0.432. The lowest BCUT2D eigenvalue weighted by Crippen LogP contribution is -2.19. The third kappa shape index (κ3) is 1.73. The van der Waals surface area contributed by atoms with Crippen molar-refractivity contribution in [2.75, 3.05) is 0 Å².